The molecule has 2 aromatic heterocycles. The molecule has 5 rings (SSSR count). The molecule has 0 unspecified atom stereocenters. The molecule has 0 bridgehead atoms. The van der Waals surface area contributed by atoms with Crippen molar-refractivity contribution in [3.63, 3.8) is 0 Å². The maximum absolute atomic E-state index is 6.72. The molecule has 0 saturated heterocycles. The molecule has 1 aliphatic carbocycles. The first-order valence-electron chi connectivity index (χ1n) is 7.90. The fourth-order valence-corrected chi connectivity index (χ4v) is 3.87. The molecule has 1 aromatic carbocycles. The molecule has 0 amide bonds. The Kier molecular flexibility index (Phi) is 2.65. The maximum Gasteiger partial charge on any atom is 0.146 e. The molecule has 6 heteroatoms. The zero-order valence-electron chi connectivity index (χ0n) is 12.5. The van der Waals surface area contributed by atoms with E-state index in [-0.39, 0.29) is 0 Å². The third kappa shape index (κ3) is 1.86. The van der Waals surface area contributed by atoms with Crippen LogP contribution in [0.3, 0.4) is 0 Å². The minimum atomic E-state index is 0.513. The van der Waals surface area contributed by atoms with E-state index in [1.165, 1.54) is 24.7 Å². The van der Waals surface area contributed by atoms with E-state index in [1.54, 1.807) is 0 Å². The Morgan fingerprint density at radius 1 is 1.22 bits per heavy atom. The standard InChI is InChI=1S/C17H16ClN5/c18-15-10(3-4-13-11(15)5-6-20-13)12-7-23(9-1-2-9)17-14(12)16(19)21-8-22-17/h3-4,7-9,20H,1-2,5-6H2,(H2,19,21,22). The number of nitrogen functional groups attached to an aromatic ring is 1. The first-order valence-corrected chi connectivity index (χ1v) is 8.28. The van der Waals surface area contributed by atoms with Crippen molar-refractivity contribution in [1.29, 1.82) is 0 Å². The molecule has 3 N–H and O–H groups in total. The van der Waals surface area contributed by atoms with Crippen LogP contribution in [0.2, 0.25) is 5.02 Å². The molecule has 0 spiro atoms. The lowest BCUT2D eigenvalue weighted by Crippen LogP contribution is -1.96. The van der Waals surface area contributed by atoms with E-state index in [1.807, 2.05) is 0 Å². The molecule has 1 fully saturated rings. The quantitative estimate of drug-likeness (QED) is 0.754. The lowest BCUT2D eigenvalue weighted by molar-refractivity contribution is 0.766. The Balaban J connectivity index is 1.81. The molecule has 0 radical (unpaired) electrons. The number of hydrogen-bond acceptors (Lipinski definition) is 4. The van der Waals surface area contributed by atoms with Gasteiger partial charge in [-0.2, -0.15) is 0 Å². The summed E-state index contributed by atoms with van der Waals surface area (Å²) in [5.74, 6) is 0.513. The molecule has 2 aliphatic rings. The van der Waals surface area contributed by atoms with Crippen LogP contribution in [-0.2, 0) is 6.42 Å². The topological polar surface area (TPSA) is 68.8 Å². The molecule has 116 valence electrons. The summed E-state index contributed by atoms with van der Waals surface area (Å²) in [5, 5.41) is 5.08. The summed E-state index contributed by atoms with van der Waals surface area (Å²) in [7, 11) is 0. The number of halogens is 1. The Morgan fingerprint density at radius 2 is 2.09 bits per heavy atom. The van der Waals surface area contributed by atoms with Gasteiger partial charge >= 0.3 is 0 Å². The molecule has 23 heavy (non-hydrogen) atoms. The smallest absolute Gasteiger partial charge is 0.146 e. The van der Waals surface area contributed by atoms with Crippen LogP contribution in [0.15, 0.2) is 24.7 Å². The Morgan fingerprint density at radius 3 is 2.91 bits per heavy atom. The van der Waals surface area contributed by atoms with E-state index in [9.17, 15) is 0 Å². The molecule has 5 nitrogen and oxygen atoms in total. The molecule has 0 atom stereocenters. The Labute approximate surface area is 138 Å². The van der Waals surface area contributed by atoms with Crippen molar-refractivity contribution in [1.82, 2.24) is 14.5 Å². The minimum Gasteiger partial charge on any atom is -0.384 e. The van der Waals surface area contributed by atoms with Crippen molar-refractivity contribution in [2.24, 2.45) is 0 Å². The van der Waals surface area contributed by atoms with Crippen molar-refractivity contribution in [2.45, 2.75) is 25.3 Å². The monoisotopic (exact) mass is 325 g/mol. The van der Waals surface area contributed by atoms with Gasteiger partial charge in [-0.05, 0) is 30.9 Å². The van der Waals surface area contributed by atoms with E-state index < -0.39 is 0 Å². The minimum absolute atomic E-state index is 0.513. The highest BCUT2D eigenvalue weighted by Crippen LogP contribution is 2.45. The van der Waals surface area contributed by atoms with Crippen molar-refractivity contribution >= 4 is 34.1 Å². The van der Waals surface area contributed by atoms with Gasteiger partial charge in [-0.1, -0.05) is 17.7 Å². The lowest BCUT2D eigenvalue weighted by Gasteiger charge is -2.08. The van der Waals surface area contributed by atoms with Gasteiger partial charge in [0, 0.05) is 35.6 Å². The molecule has 3 aromatic rings. The van der Waals surface area contributed by atoms with E-state index in [0.29, 0.717) is 11.9 Å². The number of fused-ring (bicyclic) bond motifs is 2. The van der Waals surface area contributed by atoms with Gasteiger partial charge in [-0.15, -0.1) is 0 Å². The number of nitrogens with one attached hydrogen (secondary N) is 1. The van der Waals surface area contributed by atoms with Crippen LogP contribution in [0.1, 0.15) is 24.4 Å². The van der Waals surface area contributed by atoms with Crippen molar-refractivity contribution in [3.8, 4) is 11.1 Å². The van der Waals surface area contributed by atoms with E-state index in [2.05, 4.69) is 38.2 Å². The van der Waals surface area contributed by atoms with Gasteiger partial charge in [-0.25, -0.2) is 9.97 Å². The Bertz CT molecular complexity index is 942. The summed E-state index contributed by atoms with van der Waals surface area (Å²) in [6, 6.07) is 4.69. The average molecular weight is 326 g/mol. The van der Waals surface area contributed by atoms with Crippen LogP contribution in [-0.4, -0.2) is 21.1 Å². The second kappa shape index (κ2) is 4.61. The van der Waals surface area contributed by atoms with Crippen molar-refractivity contribution in [2.75, 3.05) is 17.6 Å². The Hall–Kier alpha value is -2.27. The van der Waals surface area contributed by atoms with E-state index >= 15 is 0 Å². The van der Waals surface area contributed by atoms with Gasteiger partial charge in [0.25, 0.3) is 0 Å². The number of benzene rings is 1. The highest BCUT2D eigenvalue weighted by Gasteiger charge is 2.28. The summed E-state index contributed by atoms with van der Waals surface area (Å²) in [6.07, 6.45) is 7.01. The fourth-order valence-electron chi connectivity index (χ4n) is 3.51. The molecule has 1 saturated carbocycles. The van der Waals surface area contributed by atoms with Gasteiger partial charge in [0.2, 0.25) is 0 Å². The lowest BCUT2D eigenvalue weighted by atomic mass is 10.0. The highest BCUT2D eigenvalue weighted by molar-refractivity contribution is 6.35. The summed E-state index contributed by atoms with van der Waals surface area (Å²) in [5.41, 5.74) is 11.4. The molecular weight excluding hydrogens is 310 g/mol. The van der Waals surface area contributed by atoms with Crippen LogP contribution in [0.25, 0.3) is 22.2 Å². The van der Waals surface area contributed by atoms with E-state index in [0.717, 1.165) is 45.8 Å². The van der Waals surface area contributed by atoms with Gasteiger partial charge in [0.15, 0.2) is 0 Å². The first-order chi connectivity index (χ1) is 11.2. The molecular formula is C17H16ClN5. The third-order valence-electron chi connectivity index (χ3n) is 4.80. The molecule has 1 aliphatic heterocycles. The predicted molar refractivity (Wildman–Crippen MR) is 92.9 cm³/mol. The number of rotatable bonds is 2. The maximum atomic E-state index is 6.72. The summed E-state index contributed by atoms with van der Waals surface area (Å²) >= 11 is 6.72. The first kappa shape index (κ1) is 13.2. The van der Waals surface area contributed by atoms with Crippen LogP contribution < -0.4 is 11.1 Å². The number of nitrogens with two attached hydrogens (primary N) is 1. The highest BCUT2D eigenvalue weighted by atomic mass is 35.5. The molecule has 3 heterocycles. The van der Waals surface area contributed by atoms with Crippen LogP contribution in [0, 0.1) is 0 Å². The van der Waals surface area contributed by atoms with Crippen molar-refractivity contribution in [3.05, 3.63) is 35.2 Å². The predicted octanol–water partition coefficient (Wildman–Crippen LogP) is 3.64. The van der Waals surface area contributed by atoms with E-state index in [4.69, 9.17) is 17.3 Å². The number of aromatic nitrogens is 3. The second-order valence-electron chi connectivity index (χ2n) is 6.27. The van der Waals surface area contributed by atoms with Crippen LogP contribution >= 0.6 is 11.6 Å². The number of nitrogens with zero attached hydrogens (tertiary/aromatic N) is 3. The number of hydrogen-bond donors (Lipinski definition) is 2. The van der Waals surface area contributed by atoms with Gasteiger partial charge in [0.1, 0.15) is 17.8 Å². The summed E-state index contributed by atoms with van der Waals surface area (Å²) in [6.45, 7) is 0.938. The van der Waals surface area contributed by atoms with Crippen LogP contribution in [0.4, 0.5) is 11.5 Å². The van der Waals surface area contributed by atoms with Gasteiger partial charge in [-0.3, -0.25) is 0 Å². The summed E-state index contributed by atoms with van der Waals surface area (Å²) < 4.78 is 2.23. The summed E-state index contributed by atoms with van der Waals surface area (Å²) in [4.78, 5) is 8.65. The third-order valence-corrected chi connectivity index (χ3v) is 5.23. The zero-order valence-corrected chi connectivity index (χ0v) is 13.3. The zero-order chi connectivity index (χ0) is 15.6. The fraction of sp³-hybridized carbons (Fsp3) is 0.294. The van der Waals surface area contributed by atoms with Crippen molar-refractivity contribution < 1.29 is 0 Å². The normalized spacial score (nSPS) is 16.6. The average Bonchev–Trinajstić information content (AvgIpc) is 3.14. The largest absolute Gasteiger partial charge is 0.384 e. The second-order valence-corrected chi connectivity index (χ2v) is 6.65. The number of anilines is 2. The van der Waals surface area contributed by atoms with Gasteiger partial charge in [0.05, 0.1) is 10.4 Å². The SMILES string of the molecule is Nc1ncnc2c1c(-c1ccc3c(c1Cl)CCN3)cn2C1CC1. The van der Waals surface area contributed by atoms with Crippen LogP contribution in [0.5, 0.6) is 0 Å². The van der Waals surface area contributed by atoms with Gasteiger partial charge < -0.3 is 15.6 Å².